The Morgan fingerprint density at radius 3 is 2.82 bits per heavy atom. The lowest BCUT2D eigenvalue weighted by molar-refractivity contribution is 0.0943. The van der Waals surface area contributed by atoms with Crippen molar-refractivity contribution in [3.63, 3.8) is 0 Å². The lowest BCUT2D eigenvalue weighted by Crippen LogP contribution is -2.34. The Balaban J connectivity index is 2.63. The third kappa shape index (κ3) is 4.65. The second kappa shape index (κ2) is 6.49. The molecule has 0 spiro atoms. The van der Waals surface area contributed by atoms with E-state index < -0.39 is 5.82 Å². The first kappa shape index (κ1) is 13.8. The van der Waals surface area contributed by atoms with Crippen LogP contribution in [0.1, 0.15) is 24.2 Å². The van der Waals surface area contributed by atoms with Crippen LogP contribution >= 0.6 is 11.8 Å². The molecular weight excluding hydrogens is 239 g/mol. The molecule has 0 saturated heterocycles. The number of halogens is 1. The molecule has 94 valence electrons. The van der Waals surface area contributed by atoms with Gasteiger partial charge in [-0.15, -0.1) is 0 Å². The summed E-state index contributed by atoms with van der Waals surface area (Å²) < 4.78 is 13.1. The lowest BCUT2D eigenvalue weighted by atomic mass is 10.1. The van der Waals surface area contributed by atoms with Gasteiger partial charge in [0.1, 0.15) is 5.82 Å². The number of nitrogens with one attached hydrogen (secondary N) is 1. The van der Waals surface area contributed by atoms with E-state index in [1.807, 2.05) is 6.92 Å². The maximum atomic E-state index is 13.1. The number of hydrogen-bond donors (Lipinski definition) is 2. The monoisotopic (exact) mass is 256 g/mol. The van der Waals surface area contributed by atoms with E-state index in [9.17, 15) is 9.18 Å². The summed E-state index contributed by atoms with van der Waals surface area (Å²) in [6.45, 7) is 3.98. The Morgan fingerprint density at radius 2 is 2.24 bits per heavy atom. The topological polar surface area (TPSA) is 55.1 Å². The molecule has 1 amide bonds. The Labute approximate surface area is 105 Å². The van der Waals surface area contributed by atoms with E-state index in [1.54, 1.807) is 11.8 Å². The van der Waals surface area contributed by atoms with Gasteiger partial charge in [0, 0.05) is 23.0 Å². The van der Waals surface area contributed by atoms with E-state index in [1.165, 1.54) is 18.2 Å². The molecule has 1 atom stereocenters. The van der Waals surface area contributed by atoms with Crippen LogP contribution in [0.15, 0.2) is 18.2 Å². The van der Waals surface area contributed by atoms with Crippen molar-refractivity contribution >= 4 is 23.4 Å². The summed E-state index contributed by atoms with van der Waals surface area (Å²) in [4.78, 5) is 11.8. The van der Waals surface area contributed by atoms with E-state index in [-0.39, 0.29) is 23.2 Å². The van der Waals surface area contributed by atoms with E-state index in [0.717, 1.165) is 11.5 Å². The summed E-state index contributed by atoms with van der Waals surface area (Å²) >= 11 is 1.75. The van der Waals surface area contributed by atoms with E-state index in [2.05, 4.69) is 12.2 Å². The first-order chi connectivity index (χ1) is 8.02. The van der Waals surface area contributed by atoms with Crippen molar-refractivity contribution in [2.75, 3.05) is 17.2 Å². The van der Waals surface area contributed by atoms with E-state index in [0.29, 0.717) is 0 Å². The van der Waals surface area contributed by atoms with Gasteiger partial charge in [0.2, 0.25) is 0 Å². The molecule has 0 radical (unpaired) electrons. The molecule has 0 bridgehead atoms. The lowest BCUT2D eigenvalue weighted by Gasteiger charge is -2.13. The Morgan fingerprint density at radius 1 is 1.53 bits per heavy atom. The Kier molecular flexibility index (Phi) is 5.28. The molecule has 1 aromatic carbocycles. The number of anilines is 1. The summed E-state index contributed by atoms with van der Waals surface area (Å²) in [6, 6.07) is 3.90. The number of nitrogens with two attached hydrogens (primary N) is 1. The van der Waals surface area contributed by atoms with Crippen LogP contribution in [0, 0.1) is 5.82 Å². The highest BCUT2D eigenvalue weighted by molar-refractivity contribution is 7.99. The van der Waals surface area contributed by atoms with Crippen molar-refractivity contribution in [1.29, 1.82) is 0 Å². The number of rotatable bonds is 5. The minimum Gasteiger partial charge on any atom is -0.399 e. The van der Waals surface area contributed by atoms with Gasteiger partial charge in [-0.25, -0.2) is 4.39 Å². The number of carbonyl (C=O) groups excluding carboxylic acids is 1. The zero-order valence-electron chi connectivity index (χ0n) is 10.00. The van der Waals surface area contributed by atoms with Gasteiger partial charge < -0.3 is 11.1 Å². The van der Waals surface area contributed by atoms with Crippen molar-refractivity contribution in [3.05, 3.63) is 29.6 Å². The third-order valence-corrected chi connectivity index (χ3v) is 3.28. The molecule has 5 heteroatoms. The standard InChI is InChI=1S/C12H17FN2OS/c1-3-17-7-8(2)15-12(16)9-4-10(13)6-11(14)5-9/h4-6,8H,3,7,14H2,1-2H3,(H,15,16). The molecule has 3 N–H and O–H groups in total. The van der Waals surface area contributed by atoms with Gasteiger partial charge in [-0.1, -0.05) is 6.92 Å². The van der Waals surface area contributed by atoms with Gasteiger partial charge in [-0.05, 0) is 30.9 Å². The molecule has 0 fully saturated rings. The SMILES string of the molecule is CCSCC(C)NC(=O)c1cc(N)cc(F)c1. The summed E-state index contributed by atoms with van der Waals surface area (Å²) in [6.07, 6.45) is 0. The maximum Gasteiger partial charge on any atom is 0.251 e. The minimum absolute atomic E-state index is 0.0527. The summed E-state index contributed by atoms with van der Waals surface area (Å²) in [5.74, 6) is 1.06. The smallest absolute Gasteiger partial charge is 0.251 e. The summed E-state index contributed by atoms with van der Waals surface area (Å²) in [5.41, 5.74) is 6.00. The molecule has 1 rings (SSSR count). The Hall–Kier alpha value is -1.23. The summed E-state index contributed by atoms with van der Waals surface area (Å²) in [5, 5.41) is 2.80. The van der Waals surface area contributed by atoms with Crippen LogP contribution in [0.25, 0.3) is 0 Å². The quantitative estimate of drug-likeness (QED) is 0.795. The third-order valence-electron chi connectivity index (χ3n) is 2.13. The van der Waals surface area contributed by atoms with Crippen molar-refractivity contribution in [3.8, 4) is 0 Å². The highest BCUT2D eigenvalue weighted by atomic mass is 32.2. The van der Waals surface area contributed by atoms with Crippen molar-refractivity contribution < 1.29 is 9.18 Å². The Bertz CT molecular complexity index is 378. The zero-order valence-corrected chi connectivity index (χ0v) is 10.8. The van der Waals surface area contributed by atoms with Crippen LogP contribution < -0.4 is 11.1 Å². The van der Waals surface area contributed by atoms with Gasteiger partial charge in [0.25, 0.3) is 5.91 Å². The fourth-order valence-electron chi connectivity index (χ4n) is 1.39. The molecule has 0 aliphatic carbocycles. The van der Waals surface area contributed by atoms with Crippen LogP contribution in [-0.4, -0.2) is 23.5 Å². The van der Waals surface area contributed by atoms with Crippen LogP contribution in [0.4, 0.5) is 10.1 Å². The van der Waals surface area contributed by atoms with Gasteiger partial charge in [-0.3, -0.25) is 4.79 Å². The molecule has 17 heavy (non-hydrogen) atoms. The highest BCUT2D eigenvalue weighted by Crippen LogP contribution is 2.11. The molecule has 0 saturated carbocycles. The summed E-state index contributed by atoms with van der Waals surface area (Å²) in [7, 11) is 0. The second-order valence-electron chi connectivity index (χ2n) is 3.81. The largest absolute Gasteiger partial charge is 0.399 e. The predicted octanol–water partition coefficient (Wildman–Crippen LogP) is 2.28. The number of carbonyl (C=O) groups is 1. The van der Waals surface area contributed by atoms with Crippen molar-refractivity contribution in [2.45, 2.75) is 19.9 Å². The predicted molar refractivity (Wildman–Crippen MR) is 70.7 cm³/mol. The van der Waals surface area contributed by atoms with Gasteiger partial charge in [-0.2, -0.15) is 11.8 Å². The maximum absolute atomic E-state index is 13.1. The second-order valence-corrected chi connectivity index (χ2v) is 5.13. The molecular formula is C12H17FN2OS. The number of nitrogen functional groups attached to an aromatic ring is 1. The molecule has 3 nitrogen and oxygen atoms in total. The zero-order chi connectivity index (χ0) is 12.8. The highest BCUT2D eigenvalue weighted by Gasteiger charge is 2.11. The molecule has 1 unspecified atom stereocenters. The van der Waals surface area contributed by atoms with Crippen molar-refractivity contribution in [1.82, 2.24) is 5.32 Å². The molecule has 0 aromatic heterocycles. The van der Waals surface area contributed by atoms with Gasteiger partial charge in [0.05, 0.1) is 0 Å². The number of amides is 1. The molecule has 1 aromatic rings. The minimum atomic E-state index is -0.495. The first-order valence-corrected chi connectivity index (χ1v) is 6.63. The normalized spacial score (nSPS) is 12.2. The fraction of sp³-hybridized carbons (Fsp3) is 0.417. The van der Waals surface area contributed by atoms with E-state index in [4.69, 9.17) is 5.73 Å². The molecule has 0 aliphatic rings. The average molecular weight is 256 g/mol. The molecule has 0 aliphatic heterocycles. The average Bonchev–Trinajstić information content (AvgIpc) is 2.25. The molecule has 0 heterocycles. The first-order valence-electron chi connectivity index (χ1n) is 5.47. The van der Waals surface area contributed by atoms with Crippen LogP contribution in [0.3, 0.4) is 0 Å². The van der Waals surface area contributed by atoms with E-state index >= 15 is 0 Å². The number of hydrogen-bond acceptors (Lipinski definition) is 3. The van der Waals surface area contributed by atoms with Gasteiger partial charge >= 0.3 is 0 Å². The number of benzene rings is 1. The van der Waals surface area contributed by atoms with Crippen LogP contribution in [-0.2, 0) is 0 Å². The van der Waals surface area contributed by atoms with Gasteiger partial charge in [0.15, 0.2) is 0 Å². The van der Waals surface area contributed by atoms with Crippen LogP contribution in [0.5, 0.6) is 0 Å². The fourth-order valence-corrected chi connectivity index (χ4v) is 2.06. The number of thioether (sulfide) groups is 1. The van der Waals surface area contributed by atoms with Crippen molar-refractivity contribution in [2.24, 2.45) is 0 Å². The van der Waals surface area contributed by atoms with Crippen LogP contribution in [0.2, 0.25) is 0 Å².